The van der Waals surface area contributed by atoms with Crippen LogP contribution in [0.3, 0.4) is 0 Å². The molecule has 2 aliphatic carbocycles. The van der Waals surface area contributed by atoms with Gasteiger partial charge in [-0.05, 0) is 30.4 Å². The molecule has 0 amide bonds. The van der Waals surface area contributed by atoms with Gasteiger partial charge in [-0.2, -0.15) is 11.8 Å². The van der Waals surface area contributed by atoms with E-state index in [0.29, 0.717) is 0 Å². The number of rotatable bonds is 4. The highest BCUT2D eigenvalue weighted by atomic mass is 32.2. The van der Waals surface area contributed by atoms with E-state index < -0.39 is 0 Å². The van der Waals surface area contributed by atoms with Crippen molar-refractivity contribution in [1.29, 1.82) is 0 Å². The molecular formula is C11H16S. The fraction of sp³-hybridized carbons (Fsp3) is 0.636. The lowest BCUT2D eigenvalue weighted by Gasteiger charge is -2.07. The lowest BCUT2D eigenvalue weighted by atomic mass is 10.1. The summed E-state index contributed by atoms with van der Waals surface area (Å²) in [6.07, 6.45) is 9.67. The molecule has 0 nitrogen and oxygen atoms in total. The maximum atomic E-state index is 2.36. The minimum atomic E-state index is 0.923. The molecule has 2 rings (SSSR count). The first-order valence-corrected chi connectivity index (χ1v) is 6.02. The Balaban J connectivity index is 1.79. The molecular weight excluding hydrogens is 164 g/mol. The van der Waals surface area contributed by atoms with Crippen LogP contribution in [-0.2, 0) is 0 Å². The molecule has 0 aromatic carbocycles. The number of hydrogen-bond donors (Lipinski definition) is 0. The van der Waals surface area contributed by atoms with Crippen LogP contribution in [0.15, 0.2) is 23.8 Å². The predicted octanol–water partition coefficient (Wildman–Crippen LogP) is 3.26. The Bertz CT molecular complexity index is 215. The highest BCUT2D eigenvalue weighted by Gasteiger charge is 2.38. The molecule has 0 heterocycles. The van der Waals surface area contributed by atoms with Crippen molar-refractivity contribution in [2.24, 2.45) is 11.8 Å². The summed E-state index contributed by atoms with van der Waals surface area (Å²) in [5.74, 6) is 4.46. The zero-order valence-corrected chi connectivity index (χ0v) is 8.44. The fourth-order valence-corrected chi connectivity index (χ4v) is 2.77. The summed E-state index contributed by atoms with van der Waals surface area (Å²) in [7, 11) is 0. The van der Waals surface area contributed by atoms with Crippen LogP contribution in [0.25, 0.3) is 0 Å². The van der Waals surface area contributed by atoms with Gasteiger partial charge < -0.3 is 0 Å². The Morgan fingerprint density at radius 2 is 2.50 bits per heavy atom. The number of allylic oxidation sites excluding steroid dienone is 3. The van der Waals surface area contributed by atoms with Gasteiger partial charge in [-0.1, -0.05) is 30.7 Å². The first-order valence-electron chi connectivity index (χ1n) is 4.87. The first-order chi connectivity index (χ1) is 5.92. The third-order valence-corrected chi connectivity index (χ3v) is 3.84. The molecule has 2 atom stereocenters. The van der Waals surface area contributed by atoms with E-state index in [9.17, 15) is 0 Å². The Kier molecular flexibility index (Phi) is 2.60. The lowest BCUT2D eigenvalue weighted by molar-refractivity contribution is 0.913. The molecule has 2 unspecified atom stereocenters. The van der Waals surface area contributed by atoms with E-state index in [2.05, 4.69) is 36.9 Å². The van der Waals surface area contributed by atoms with Crippen molar-refractivity contribution in [3.8, 4) is 0 Å². The van der Waals surface area contributed by atoms with Gasteiger partial charge in [0.1, 0.15) is 0 Å². The molecule has 0 aromatic rings. The Labute approximate surface area is 79.1 Å². The van der Waals surface area contributed by atoms with E-state index in [4.69, 9.17) is 0 Å². The van der Waals surface area contributed by atoms with Crippen LogP contribution < -0.4 is 0 Å². The van der Waals surface area contributed by atoms with Crippen molar-refractivity contribution in [1.82, 2.24) is 0 Å². The second-order valence-electron chi connectivity index (χ2n) is 3.69. The highest BCUT2D eigenvalue weighted by molar-refractivity contribution is 7.99. The van der Waals surface area contributed by atoms with Gasteiger partial charge in [-0.3, -0.25) is 0 Å². The van der Waals surface area contributed by atoms with Crippen molar-refractivity contribution in [2.75, 3.05) is 11.5 Å². The summed E-state index contributed by atoms with van der Waals surface area (Å²) in [5, 5.41) is 0. The second kappa shape index (κ2) is 3.69. The zero-order chi connectivity index (χ0) is 8.39. The minimum Gasteiger partial charge on any atom is -0.158 e. The summed E-state index contributed by atoms with van der Waals surface area (Å²) in [4.78, 5) is 0. The second-order valence-corrected chi connectivity index (χ2v) is 4.79. The SMILES string of the molecule is CCCSCC1=CC=CC2CC12. The monoisotopic (exact) mass is 180 g/mol. The minimum absolute atomic E-state index is 0.923. The van der Waals surface area contributed by atoms with E-state index in [0.717, 1.165) is 11.8 Å². The summed E-state index contributed by atoms with van der Waals surface area (Å²) in [6.45, 7) is 2.25. The van der Waals surface area contributed by atoms with E-state index in [1.807, 2.05) is 0 Å². The van der Waals surface area contributed by atoms with E-state index >= 15 is 0 Å². The molecule has 1 fully saturated rings. The highest BCUT2D eigenvalue weighted by Crippen LogP contribution is 2.48. The van der Waals surface area contributed by atoms with Crippen LogP contribution in [-0.4, -0.2) is 11.5 Å². The molecule has 0 radical (unpaired) electrons. The molecule has 66 valence electrons. The van der Waals surface area contributed by atoms with E-state index in [-0.39, 0.29) is 0 Å². The normalized spacial score (nSPS) is 31.2. The number of hydrogen-bond acceptors (Lipinski definition) is 1. The van der Waals surface area contributed by atoms with Gasteiger partial charge in [0.05, 0.1) is 0 Å². The Morgan fingerprint density at radius 1 is 1.58 bits per heavy atom. The first kappa shape index (κ1) is 8.43. The molecule has 0 spiro atoms. The molecule has 1 heteroatoms. The van der Waals surface area contributed by atoms with E-state index in [1.165, 1.54) is 24.3 Å². The standard InChI is InChI=1S/C11H16S/c1-2-6-12-8-10-5-3-4-9-7-11(9)10/h3-5,9,11H,2,6-8H2,1H3. The largest absolute Gasteiger partial charge is 0.158 e. The Hall–Kier alpha value is -0.170. The van der Waals surface area contributed by atoms with Crippen LogP contribution in [0.4, 0.5) is 0 Å². The van der Waals surface area contributed by atoms with Gasteiger partial charge >= 0.3 is 0 Å². The maximum Gasteiger partial charge on any atom is 0.0149 e. The molecule has 0 aromatic heterocycles. The molecule has 0 bridgehead atoms. The quantitative estimate of drug-likeness (QED) is 0.598. The smallest absolute Gasteiger partial charge is 0.0149 e. The van der Waals surface area contributed by atoms with Gasteiger partial charge in [0, 0.05) is 5.75 Å². The third kappa shape index (κ3) is 1.77. The van der Waals surface area contributed by atoms with E-state index in [1.54, 1.807) is 5.57 Å². The summed E-state index contributed by atoms with van der Waals surface area (Å²) in [5.41, 5.74) is 1.70. The summed E-state index contributed by atoms with van der Waals surface area (Å²) < 4.78 is 0. The fourth-order valence-electron chi connectivity index (χ4n) is 1.79. The van der Waals surface area contributed by atoms with Crippen molar-refractivity contribution in [3.05, 3.63) is 23.8 Å². The topological polar surface area (TPSA) is 0 Å². The van der Waals surface area contributed by atoms with Crippen LogP contribution in [0.1, 0.15) is 19.8 Å². The zero-order valence-electron chi connectivity index (χ0n) is 7.62. The molecule has 0 N–H and O–H groups in total. The van der Waals surface area contributed by atoms with Gasteiger partial charge in [-0.15, -0.1) is 0 Å². The van der Waals surface area contributed by atoms with Gasteiger partial charge in [0.15, 0.2) is 0 Å². The third-order valence-electron chi connectivity index (χ3n) is 2.60. The number of thioether (sulfide) groups is 1. The Morgan fingerprint density at radius 3 is 3.33 bits per heavy atom. The predicted molar refractivity (Wildman–Crippen MR) is 56.4 cm³/mol. The molecule has 1 saturated carbocycles. The van der Waals surface area contributed by atoms with Crippen molar-refractivity contribution < 1.29 is 0 Å². The molecule has 0 saturated heterocycles. The van der Waals surface area contributed by atoms with Crippen LogP contribution in [0.5, 0.6) is 0 Å². The maximum absolute atomic E-state index is 2.36. The van der Waals surface area contributed by atoms with Gasteiger partial charge in [0.25, 0.3) is 0 Å². The molecule has 12 heavy (non-hydrogen) atoms. The van der Waals surface area contributed by atoms with Crippen molar-refractivity contribution in [3.63, 3.8) is 0 Å². The van der Waals surface area contributed by atoms with Crippen molar-refractivity contribution in [2.45, 2.75) is 19.8 Å². The average molecular weight is 180 g/mol. The molecule has 0 aliphatic heterocycles. The lowest BCUT2D eigenvalue weighted by Crippen LogP contribution is -1.95. The molecule has 2 aliphatic rings. The summed E-state index contributed by atoms with van der Waals surface area (Å²) in [6, 6.07) is 0. The number of fused-ring (bicyclic) bond motifs is 1. The summed E-state index contributed by atoms with van der Waals surface area (Å²) >= 11 is 2.09. The average Bonchev–Trinajstić information content (AvgIpc) is 2.84. The van der Waals surface area contributed by atoms with Crippen molar-refractivity contribution >= 4 is 11.8 Å². The van der Waals surface area contributed by atoms with Crippen LogP contribution in [0, 0.1) is 11.8 Å². The van der Waals surface area contributed by atoms with Gasteiger partial charge in [0.2, 0.25) is 0 Å². The van der Waals surface area contributed by atoms with Crippen LogP contribution >= 0.6 is 11.8 Å². The van der Waals surface area contributed by atoms with Crippen LogP contribution in [0.2, 0.25) is 0 Å². The van der Waals surface area contributed by atoms with Gasteiger partial charge in [-0.25, -0.2) is 0 Å².